The molecular formula is C23H20ClFN5O2P. The van der Waals surface area contributed by atoms with E-state index in [2.05, 4.69) is 20.2 Å². The van der Waals surface area contributed by atoms with Gasteiger partial charge in [0.2, 0.25) is 5.28 Å². The number of azo groups is 1. The molecule has 2 aromatic rings. The molecule has 1 amide bonds. The van der Waals surface area contributed by atoms with Crippen LogP contribution in [0.1, 0.15) is 5.56 Å². The van der Waals surface area contributed by atoms with Gasteiger partial charge in [-0.2, -0.15) is 5.11 Å². The van der Waals surface area contributed by atoms with Gasteiger partial charge in [0.05, 0.1) is 11.6 Å². The fourth-order valence-electron chi connectivity index (χ4n) is 4.33. The fraction of sp³-hybridized carbons (Fsp3) is 0.261. The number of benzene rings is 1. The van der Waals surface area contributed by atoms with Crippen molar-refractivity contribution in [1.82, 2.24) is 9.97 Å². The molecular weight excluding hydrogens is 464 g/mol. The van der Waals surface area contributed by atoms with Crippen molar-refractivity contribution in [2.45, 2.75) is 6.42 Å². The predicted octanol–water partition coefficient (Wildman–Crippen LogP) is 4.31. The van der Waals surface area contributed by atoms with E-state index < -0.39 is 18.9 Å². The number of hydrogen-bond acceptors (Lipinski definition) is 6. The first-order chi connectivity index (χ1) is 15.9. The Labute approximate surface area is 195 Å². The molecule has 1 aromatic carbocycles. The van der Waals surface area contributed by atoms with Crippen LogP contribution in [0.25, 0.3) is 0 Å². The highest BCUT2D eigenvalue weighted by molar-refractivity contribution is 7.71. The van der Waals surface area contributed by atoms with Gasteiger partial charge < -0.3 is 9.46 Å². The van der Waals surface area contributed by atoms with Gasteiger partial charge in [-0.25, -0.2) is 14.4 Å². The molecule has 5 rings (SSSR count). The number of amides is 1. The second-order valence-electron chi connectivity index (χ2n) is 8.13. The van der Waals surface area contributed by atoms with Gasteiger partial charge in [0.25, 0.3) is 5.91 Å². The third-order valence-electron chi connectivity index (χ3n) is 6.11. The molecule has 1 unspecified atom stereocenters. The number of carbonyl (C=O) groups is 1. The van der Waals surface area contributed by atoms with Crippen molar-refractivity contribution in [3.8, 4) is 0 Å². The molecule has 0 saturated carbocycles. The average molecular weight is 484 g/mol. The van der Waals surface area contributed by atoms with Crippen molar-refractivity contribution < 1.29 is 13.8 Å². The van der Waals surface area contributed by atoms with E-state index in [0.29, 0.717) is 43.3 Å². The Morgan fingerprint density at radius 3 is 2.76 bits per heavy atom. The monoisotopic (exact) mass is 483 g/mol. The molecule has 1 aliphatic carbocycles. The number of carbonyl (C=O) groups excluding carboxylic acids is 1. The third kappa shape index (κ3) is 4.33. The van der Waals surface area contributed by atoms with Crippen molar-refractivity contribution in [1.29, 1.82) is 0 Å². The van der Waals surface area contributed by atoms with Crippen LogP contribution in [-0.2, 0) is 15.8 Å². The normalized spacial score (nSPS) is 21.5. The predicted molar refractivity (Wildman–Crippen MR) is 125 cm³/mol. The Hall–Kier alpha value is -2.96. The summed E-state index contributed by atoms with van der Waals surface area (Å²) < 4.78 is 28.6. The first kappa shape index (κ1) is 21.9. The van der Waals surface area contributed by atoms with E-state index in [1.54, 1.807) is 30.5 Å². The van der Waals surface area contributed by atoms with Gasteiger partial charge in [0.1, 0.15) is 18.8 Å². The minimum Gasteiger partial charge on any atom is -0.356 e. The Morgan fingerprint density at radius 2 is 1.97 bits per heavy atom. The first-order valence-electron chi connectivity index (χ1n) is 10.6. The van der Waals surface area contributed by atoms with Gasteiger partial charge in [-0.1, -0.05) is 30.4 Å². The van der Waals surface area contributed by atoms with Gasteiger partial charge in [-0.3, -0.25) is 4.79 Å². The summed E-state index contributed by atoms with van der Waals surface area (Å²) in [6.45, 7) is 0.970. The molecule has 168 valence electrons. The Bertz CT molecular complexity index is 1290. The van der Waals surface area contributed by atoms with Gasteiger partial charge in [0, 0.05) is 43.3 Å². The zero-order valence-corrected chi connectivity index (χ0v) is 19.2. The largest absolute Gasteiger partial charge is 0.356 e. The smallest absolute Gasteiger partial charge is 0.275 e. The van der Waals surface area contributed by atoms with Crippen LogP contribution in [0.4, 0.5) is 10.2 Å². The topological polar surface area (TPSA) is 87.9 Å². The maximum absolute atomic E-state index is 14.8. The van der Waals surface area contributed by atoms with Crippen LogP contribution in [0, 0.1) is 11.7 Å². The number of aromatic nitrogens is 2. The van der Waals surface area contributed by atoms with Crippen molar-refractivity contribution in [3.05, 3.63) is 82.7 Å². The molecule has 33 heavy (non-hydrogen) atoms. The van der Waals surface area contributed by atoms with Crippen LogP contribution in [0.2, 0.25) is 5.28 Å². The van der Waals surface area contributed by atoms with Crippen molar-refractivity contribution >= 4 is 35.8 Å². The molecule has 7 nitrogen and oxygen atoms in total. The summed E-state index contributed by atoms with van der Waals surface area (Å²) in [4.78, 5) is 22.1. The highest BCUT2D eigenvalue weighted by Crippen LogP contribution is 2.47. The number of fused-ring (bicyclic) bond motifs is 1. The Morgan fingerprint density at radius 1 is 1.15 bits per heavy atom. The molecule has 3 heterocycles. The minimum absolute atomic E-state index is 0.155. The zero-order chi connectivity index (χ0) is 23.0. The number of allylic oxidation sites excluding steroid dienone is 4. The van der Waals surface area contributed by atoms with Crippen LogP contribution < -0.4 is 10.2 Å². The highest BCUT2D eigenvalue weighted by Gasteiger charge is 2.34. The van der Waals surface area contributed by atoms with E-state index in [4.69, 9.17) is 11.6 Å². The second kappa shape index (κ2) is 8.76. The lowest BCUT2D eigenvalue weighted by Crippen LogP contribution is -2.38. The lowest BCUT2D eigenvalue weighted by molar-refractivity contribution is -0.120. The Balaban J connectivity index is 1.38. The number of halogens is 2. The molecule has 0 bridgehead atoms. The number of hydrogen-bond donors (Lipinski definition) is 0. The minimum atomic E-state index is -2.93. The van der Waals surface area contributed by atoms with Crippen molar-refractivity contribution in [2.24, 2.45) is 16.1 Å². The van der Waals surface area contributed by atoms with Crippen LogP contribution in [0.15, 0.2) is 76.3 Å². The van der Waals surface area contributed by atoms with Crippen molar-refractivity contribution in [3.63, 3.8) is 0 Å². The molecule has 10 heteroatoms. The van der Waals surface area contributed by atoms with E-state index in [0.717, 1.165) is 11.1 Å². The molecule has 1 fully saturated rings. The average Bonchev–Trinajstić information content (AvgIpc) is 2.82. The van der Waals surface area contributed by atoms with Gasteiger partial charge in [-0.05, 0) is 40.9 Å². The Kier molecular flexibility index (Phi) is 5.81. The van der Waals surface area contributed by atoms with Crippen molar-refractivity contribution in [2.75, 3.05) is 30.3 Å². The molecule has 0 N–H and O–H groups in total. The van der Waals surface area contributed by atoms with Crippen LogP contribution in [-0.4, -0.2) is 41.3 Å². The highest BCUT2D eigenvalue weighted by atomic mass is 35.5. The molecule has 1 atom stereocenters. The molecule has 1 saturated heterocycles. The lowest BCUT2D eigenvalue weighted by Gasteiger charge is -2.33. The summed E-state index contributed by atoms with van der Waals surface area (Å²) >= 11 is 5.89. The van der Waals surface area contributed by atoms with E-state index in [9.17, 15) is 13.8 Å². The summed E-state index contributed by atoms with van der Waals surface area (Å²) in [6.07, 6.45) is 9.95. The molecule has 0 spiro atoms. The third-order valence-corrected chi connectivity index (χ3v) is 9.36. The lowest BCUT2D eigenvalue weighted by atomic mass is 9.89. The standard InChI is InChI=1S/C23H20ClFN5O2P/c24-23-26-8-7-21(27-23)30-9-11-33(32,12-10-30)20-14-15(5-6-18(20)25)13-19-16-3-1-2-4-17(16)22(31)29-28-19/h1-8,14,17H,9-13H2. The fourth-order valence-corrected chi connectivity index (χ4v) is 7.18. The summed E-state index contributed by atoms with van der Waals surface area (Å²) in [5, 5.41) is 8.29. The van der Waals surface area contributed by atoms with E-state index in [-0.39, 0.29) is 16.5 Å². The maximum Gasteiger partial charge on any atom is 0.275 e. The molecule has 1 aromatic heterocycles. The number of anilines is 1. The first-order valence-corrected chi connectivity index (χ1v) is 13.0. The second-order valence-corrected chi connectivity index (χ2v) is 11.6. The molecule has 3 aliphatic rings. The SMILES string of the molecule is O=C1N=NC(Cc2ccc(F)c(P3(=O)CCN(c4ccnc(Cl)n4)CC3)c2)=C2C=CC=CC12. The summed E-state index contributed by atoms with van der Waals surface area (Å²) in [7, 11) is -2.93. The summed E-state index contributed by atoms with van der Waals surface area (Å²) in [5.41, 5.74) is 2.24. The zero-order valence-electron chi connectivity index (χ0n) is 17.6. The molecule has 0 radical (unpaired) electrons. The van der Waals surface area contributed by atoms with E-state index in [1.165, 1.54) is 6.07 Å². The maximum atomic E-state index is 14.8. The van der Waals surface area contributed by atoms with Crippen LogP contribution in [0.3, 0.4) is 0 Å². The number of nitrogens with zero attached hydrogens (tertiary/aromatic N) is 5. The van der Waals surface area contributed by atoms with Crippen LogP contribution >= 0.6 is 18.7 Å². The summed E-state index contributed by atoms with van der Waals surface area (Å²) in [6, 6.07) is 6.47. The van der Waals surface area contributed by atoms with E-state index >= 15 is 0 Å². The van der Waals surface area contributed by atoms with E-state index in [1.807, 2.05) is 23.1 Å². The van der Waals surface area contributed by atoms with Crippen LogP contribution in [0.5, 0.6) is 0 Å². The number of rotatable bonds is 4. The summed E-state index contributed by atoms with van der Waals surface area (Å²) in [5.74, 6) is -0.516. The molecule has 2 aliphatic heterocycles. The van der Waals surface area contributed by atoms with Gasteiger partial charge in [-0.15, -0.1) is 5.11 Å². The quantitative estimate of drug-likeness (QED) is 0.477. The van der Waals surface area contributed by atoms with Gasteiger partial charge in [0.15, 0.2) is 0 Å². The van der Waals surface area contributed by atoms with Gasteiger partial charge >= 0.3 is 0 Å².